The number of esters is 1. The molecular formula is C12H15NO2. The second-order valence-electron chi connectivity index (χ2n) is 2.75. The van der Waals surface area contributed by atoms with Gasteiger partial charge in [-0.05, 0) is 18.2 Å². The lowest BCUT2D eigenvalue weighted by Crippen LogP contribution is -1.98. The lowest BCUT2D eigenvalue weighted by Gasteiger charge is -1.91. The number of nitrogens with zero attached hydrogens (tertiary/aromatic N) is 1. The molecule has 0 N–H and O–H groups in total. The van der Waals surface area contributed by atoms with E-state index in [-0.39, 0.29) is 5.97 Å². The van der Waals surface area contributed by atoms with Crippen molar-refractivity contribution < 1.29 is 9.53 Å². The summed E-state index contributed by atoms with van der Waals surface area (Å²) in [7, 11) is 1.38. The number of aromatic nitrogens is 1. The van der Waals surface area contributed by atoms with Gasteiger partial charge >= 0.3 is 5.97 Å². The van der Waals surface area contributed by atoms with E-state index in [1.165, 1.54) is 7.11 Å². The second-order valence-corrected chi connectivity index (χ2v) is 2.75. The molecule has 2 aromatic rings. The molecule has 3 nitrogen and oxygen atoms in total. The van der Waals surface area contributed by atoms with Crippen LogP contribution >= 0.6 is 0 Å². The van der Waals surface area contributed by atoms with E-state index in [0.717, 1.165) is 5.52 Å². The lowest BCUT2D eigenvalue weighted by molar-refractivity contribution is 0.0601. The fourth-order valence-electron chi connectivity index (χ4n) is 1.28. The summed E-state index contributed by atoms with van der Waals surface area (Å²) in [6.45, 7) is 4.00. The topological polar surface area (TPSA) is 30.7 Å². The first-order valence-electron chi connectivity index (χ1n) is 4.96. The lowest BCUT2D eigenvalue weighted by atomic mass is 10.3. The van der Waals surface area contributed by atoms with Crippen molar-refractivity contribution in [3.8, 4) is 0 Å². The number of hydrogen-bond donors (Lipinski definition) is 0. The Kier molecular flexibility index (Phi) is 3.92. The van der Waals surface area contributed by atoms with Gasteiger partial charge in [0.15, 0.2) is 0 Å². The molecular weight excluding hydrogens is 190 g/mol. The van der Waals surface area contributed by atoms with Gasteiger partial charge in [-0.2, -0.15) is 0 Å². The molecule has 0 aromatic carbocycles. The maximum Gasteiger partial charge on any atom is 0.339 e. The van der Waals surface area contributed by atoms with E-state index in [0.29, 0.717) is 5.56 Å². The molecule has 0 fully saturated rings. The first kappa shape index (κ1) is 11.3. The fourth-order valence-corrected chi connectivity index (χ4v) is 1.28. The highest BCUT2D eigenvalue weighted by molar-refractivity contribution is 5.91. The Balaban J connectivity index is 0.000000531. The number of rotatable bonds is 1. The Morgan fingerprint density at radius 1 is 1.33 bits per heavy atom. The smallest absolute Gasteiger partial charge is 0.339 e. The predicted octanol–water partition coefficient (Wildman–Crippen LogP) is 2.75. The Bertz CT molecular complexity index is 413. The quantitative estimate of drug-likeness (QED) is 0.670. The number of carbonyl (C=O) groups is 1. The molecule has 3 heteroatoms. The third kappa shape index (κ3) is 2.37. The number of fused-ring (bicyclic) bond motifs is 1. The third-order valence-corrected chi connectivity index (χ3v) is 1.93. The molecule has 0 amide bonds. The van der Waals surface area contributed by atoms with Crippen LogP contribution in [0.15, 0.2) is 36.7 Å². The Labute approximate surface area is 89.3 Å². The summed E-state index contributed by atoms with van der Waals surface area (Å²) < 4.78 is 6.49. The normalized spacial score (nSPS) is 9.27. The van der Waals surface area contributed by atoms with Crippen LogP contribution in [0.3, 0.4) is 0 Å². The SMILES string of the molecule is CC.COC(=O)c1cc2ccccn2c1. The molecule has 2 rings (SSSR count). The monoisotopic (exact) mass is 205 g/mol. The van der Waals surface area contributed by atoms with Gasteiger partial charge in [0.1, 0.15) is 0 Å². The minimum absolute atomic E-state index is 0.302. The summed E-state index contributed by atoms with van der Waals surface area (Å²) in [6, 6.07) is 7.57. The number of ether oxygens (including phenoxy) is 1. The van der Waals surface area contributed by atoms with Crippen molar-refractivity contribution in [3.63, 3.8) is 0 Å². The standard InChI is InChI=1S/C10H9NO2.C2H6/c1-13-10(12)8-6-9-4-2-3-5-11(9)7-8;1-2/h2-7H,1H3;1-2H3. The van der Waals surface area contributed by atoms with Gasteiger partial charge in [0.25, 0.3) is 0 Å². The van der Waals surface area contributed by atoms with Crippen LogP contribution in [0, 0.1) is 0 Å². The van der Waals surface area contributed by atoms with Crippen molar-refractivity contribution in [3.05, 3.63) is 42.2 Å². The van der Waals surface area contributed by atoms with Crippen LogP contribution < -0.4 is 0 Å². The molecule has 15 heavy (non-hydrogen) atoms. The van der Waals surface area contributed by atoms with Crippen molar-refractivity contribution in [2.24, 2.45) is 0 Å². The highest BCUT2D eigenvalue weighted by Gasteiger charge is 2.07. The summed E-state index contributed by atoms with van der Waals surface area (Å²) in [5.74, 6) is -0.302. The molecule has 0 unspecified atom stereocenters. The Morgan fingerprint density at radius 2 is 2.07 bits per heavy atom. The molecule has 2 aromatic heterocycles. The largest absolute Gasteiger partial charge is 0.465 e. The van der Waals surface area contributed by atoms with Crippen molar-refractivity contribution >= 4 is 11.5 Å². The summed E-state index contributed by atoms with van der Waals surface area (Å²) in [5, 5.41) is 0. The molecule has 0 saturated carbocycles. The van der Waals surface area contributed by atoms with E-state index in [1.807, 2.05) is 42.6 Å². The second kappa shape index (κ2) is 5.20. The molecule has 0 radical (unpaired) electrons. The molecule has 2 heterocycles. The maximum atomic E-state index is 11.1. The van der Waals surface area contributed by atoms with E-state index < -0.39 is 0 Å². The zero-order chi connectivity index (χ0) is 11.3. The van der Waals surface area contributed by atoms with Crippen LogP contribution in [0.1, 0.15) is 24.2 Å². The molecule has 0 bridgehead atoms. The van der Waals surface area contributed by atoms with Gasteiger partial charge in [0.2, 0.25) is 0 Å². The average Bonchev–Trinajstić information content (AvgIpc) is 2.74. The minimum atomic E-state index is -0.302. The van der Waals surface area contributed by atoms with Gasteiger partial charge in [-0.1, -0.05) is 19.9 Å². The number of pyridine rings is 1. The zero-order valence-electron chi connectivity index (χ0n) is 9.23. The molecule has 0 saturated heterocycles. The highest BCUT2D eigenvalue weighted by Crippen LogP contribution is 2.09. The van der Waals surface area contributed by atoms with Crippen LogP contribution in [0.25, 0.3) is 5.52 Å². The van der Waals surface area contributed by atoms with E-state index in [4.69, 9.17) is 0 Å². The molecule has 0 aliphatic heterocycles. The van der Waals surface area contributed by atoms with Gasteiger partial charge in [0.05, 0.1) is 12.7 Å². The molecule has 0 atom stereocenters. The van der Waals surface area contributed by atoms with Crippen LogP contribution in [0.2, 0.25) is 0 Å². The van der Waals surface area contributed by atoms with E-state index in [9.17, 15) is 4.79 Å². The number of carbonyl (C=O) groups excluding carboxylic acids is 1. The summed E-state index contributed by atoms with van der Waals surface area (Å²) in [6.07, 6.45) is 3.64. The first-order chi connectivity index (χ1) is 7.31. The van der Waals surface area contributed by atoms with Crippen molar-refractivity contribution in [1.29, 1.82) is 0 Å². The minimum Gasteiger partial charge on any atom is -0.465 e. The fraction of sp³-hybridized carbons (Fsp3) is 0.250. The molecule has 0 spiro atoms. The number of hydrogen-bond acceptors (Lipinski definition) is 2. The van der Waals surface area contributed by atoms with E-state index in [1.54, 1.807) is 12.3 Å². The highest BCUT2D eigenvalue weighted by atomic mass is 16.5. The van der Waals surface area contributed by atoms with Gasteiger partial charge in [-0.15, -0.1) is 0 Å². The van der Waals surface area contributed by atoms with Crippen molar-refractivity contribution in [2.75, 3.05) is 7.11 Å². The Hall–Kier alpha value is -1.77. The third-order valence-electron chi connectivity index (χ3n) is 1.93. The van der Waals surface area contributed by atoms with Gasteiger partial charge < -0.3 is 9.14 Å². The van der Waals surface area contributed by atoms with Crippen molar-refractivity contribution in [1.82, 2.24) is 4.40 Å². The van der Waals surface area contributed by atoms with Crippen LogP contribution in [0.5, 0.6) is 0 Å². The van der Waals surface area contributed by atoms with E-state index in [2.05, 4.69) is 4.74 Å². The van der Waals surface area contributed by atoms with Crippen LogP contribution in [-0.4, -0.2) is 17.5 Å². The summed E-state index contributed by atoms with van der Waals surface area (Å²) in [5.41, 5.74) is 1.57. The average molecular weight is 205 g/mol. The van der Waals surface area contributed by atoms with Gasteiger partial charge in [-0.3, -0.25) is 0 Å². The molecule has 80 valence electrons. The van der Waals surface area contributed by atoms with Crippen molar-refractivity contribution in [2.45, 2.75) is 13.8 Å². The van der Waals surface area contributed by atoms with E-state index >= 15 is 0 Å². The van der Waals surface area contributed by atoms with Gasteiger partial charge in [-0.25, -0.2) is 4.79 Å². The first-order valence-corrected chi connectivity index (χ1v) is 4.96. The van der Waals surface area contributed by atoms with Crippen LogP contribution in [-0.2, 0) is 4.74 Å². The molecule has 0 aliphatic carbocycles. The zero-order valence-corrected chi connectivity index (χ0v) is 9.23. The van der Waals surface area contributed by atoms with Crippen LogP contribution in [0.4, 0.5) is 0 Å². The Morgan fingerprint density at radius 3 is 2.67 bits per heavy atom. The number of methoxy groups -OCH3 is 1. The predicted molar refractivity (Wildman–Crippen MR) is 60.1 cm³/mol. The summed E-state index contributed by atoms with van der Waals surface area (Å²) in [4.78, 5) is 11.1. The maximum absolute atomic E-state index is 11.1. The summed E-state index contributed by atoms with van der Waals surface area (Å²) >= 11 is 0. The van der Waals surface area contributed by atoms with Gasteiger partial charge in [0, 0.05) is 17.9 Å². The molecule has 0 aliphatic rings.